The summed E-state index contributed by atoms with van der Waals surface area (Å²) in [4.78, 5) is 27.3. The number of benzene rings is 2. The van der Waals surface area contributed by atoms with Gasteiger partial charge in [0.25, 0.3) is 5.91 Å². The lowest BCUT2D eigenvalue weighted by Crippen LogP contribution is -2.50. The highest BCUT2D eigenvalue weighted by Crippen LogP contribution is 2.21. The van der Waals surface area contributed by atoms with Crippen molar-refractivity contribution in [1.82, 2.24) is 10.2 Å². The van der Waals surface area contributed by atoms with Gasteiger partial charge in [-0.05, 0) is 69.0 Å². The molecule has 1 N–H and O–H groups in total. The fraction of sp³-hybridized carbons (Fsp3) is 0.417. The van der Waals surface area contributed by atoms with Crippen LogP contribution < -0.4 is 10.1 Å². The van der Waals surface area contributed by atoms with E-state index in [-0.39, 0.29) is 31.0 Å². The zero-order valence-electron chi connectivity index (χ0n) is 18.4. The quantitative estimate of drug-likeness (QED) is 0.629. The van der Waals surface area contributed by atoms with Crippen LogP contribution in [0.4, 0.5) is 0 Å². The van der Waals surface area contributed by atoms with Crippen LogP contribution in [0.15, 0.2) is 42.5 Å². The van der Waals surface area contributed by atoms with E-state index in [1.165, 1.54) is 4.90 Å². The number of nitrogens with one attached hydrogen (secondary N) is 1. The van der Waals surface area contributed by atoms with Crippen LogP contribution in [0, 0.1) is 13.8 Å². The Labute approximate surface area is 184 Å². The van der Waals surface area contributed by atoms with Crippen molar-refractivity contribution in [3.8, 4) is 5.75 Å². The second-order valence-corrected chi connectivity index (χ2v) is 8.07. The SMILES string of the molecule is CC[C@@H](C)NC(=O)[C@H](C)N(Cc1cccc(Cl)c1)C(=O)COc1cccc(C)c1C. The molecule has 5 nitrogen and oxygen atoms in total. The lowest BCUT2D eigenvalue weighted by molar-refractivity contribution is -0.142. The number of hydrogen-bond donors (Lipinski definition) is 1. The molecule has 0 aliphatic rings. The van der Waals surface area contributed by atoms with Crippen molar-refractivity contribution in [2.45, 2.75) is 59.7 Å². The highest BCUT2D eigenvalue weighted by molar-refractivity contribution is 6.30. The largest absolute Gasteiger partial charge is 0.483 e. The maximum Gasteiger partial charge on any atom is 0.261 e. The Morgan fingerprint density at radius 2 is 1.83 bits per heavy atom. The number of hydrogen-bond acceptors (Lipinski definition) is 3. The molecule has 0 aliphatic heterocycles. The van der Waals surface area contributed by atoms with Gasteiger partial charge >= 0.3 is 0 Å². The normalized spacial score (nSPS) is 12.7. The summed E-state index contributed by atoms with van der Waals surface area (Å²) < 4.78 is 5.81. The Morgan fingerprint density at radius 3 is 2.50 bits per heavy atom. The Bertz CT molecular complexity index is 885. The molecule has 0 saturated carbocycles. The van der Waals surface area contributed by atoms with Crippen LogP contribution in [-0.2, 0) is 16.1 Å². The van der Waals surface area contributed by atoms with Gasteiger partial charge in [0, 0.05) is 17.6 Å². The summed E-state index contributed by atoms with van der Waals surface area (Å²) >= 11 is 6.10. The second kappa shape index (κ2) is 11.0. The molecule has 0 heterocycles. The molecule has 162 valence electrons. The molecular weight excluding hydrogens is 400 g/mol. The third kappa shape index (κ3) is 6.49. The molecule has 0 saturated heterocycles. The first-order valence-corrected chi connectivity index (χ1v) is 10.6. The first-order chi connectivity index (χ1) is 14.2. The molecule has 2 aromatic rings. The number of carbonyl (C=O) groups is 2. The lowest BCUT2D eigenvalue weighted by Gasteiger charge is -2.29. The molecule has 0 aromatic heterocycles. The van der Waals surface area contributed by atoms with Crippen molar-refractivity contribution in [2.24, 2.45) is 0 Å². The summed E-state index contributed by atoms with van der Waals surface area (Å²) in [6.07, 6.45) is 0.816. The Balaban J connectivity index is 2.19. The van der Waals surface area contributed by atoms with E-state index >= 15 is 0 Å². The summed E-state index contributed by atoms with van der Waals surface area (Å²) in [5, 5.41) is 3.54. The number of amides is 2. The van der Waals surface area contributed by atoms with Gasteiger partial charge in [-0.3, -0.25) is 9.59 Å². The van der Waals surface area contributed by atoms with Gasteiger partial charge < -0.3 is 15.0 Å². The third-order valence-corrected chi connectivity index (χ3v) is 5.55. The van der Waals surface area contributed by atoms with Crippen LogP contribution in [0.25, 0.3) is 0 Å². The lowest BCUT2D eigenvalue weighted by atomic mass is 10.1. The topological polar surface area (TPSA) is 58.6 Å². The van der Waals surface area contributed by atoms with E-state index in [4.69, 9.17) is 16.3 Å². The van der Waals surface area contributed by atoms with Gasteiger partial charge in [0.1, 0.15) is 11.8 Å². The minimum absolute atomic E-state index is 0.0364. The molecule has 0 unspecified atom stereocenters. The van der Waals surface area contributed by atoms with Gasteiger partial charge in [-0.1, -0.05) is 42.8 Å². The van der Waals surface area contributed by atoms with Crippen LogP contribution in [-0.4, -0.2) is 35.4 Å². The first-order valence-electron chi connectivity index (χ1n) is 10.3. The standard InChI is InChI=1S/C24H31ClN2O3/c1-6-17(3)26-24(29)19(5)27(14-20-10-8-11-21(25)13-20)23(28)15-30-22-12-7-9-16(2)18(22)4/h7-13,17,19H,6,14-15H2,1-5H3,(H,26,29)/t17-,19+/m1/s1. The number of aryl methyl sites for hydroxylation is 1. The molecule has 6 heteroatoms. The molecule has 2 amide bonds. The third-order valence-electron chi connectivity index (χ3n) is 5.32. The van der Waals surface area contributed by atoms with E-state index in [0.717, 1.165) is 23.1 Å². The van der Waals surface area contributed by atoms with Crippen molar-refractivity contribution in [3.05, 3.63) is 64.2 Å². The molecule has 0 aliphatic carbocycles. The average molecular weight is 431 g/mol. The van der Waals surface area contributed by atoms with Gasteiger partial charge in [-0.15, -0.1) is 0 Å². The van der Waals surface area contributed by atoms with Gasteiger partial charge in [0.2, 0.25) is 5.91 Å². The zero-order valence-corrected chi connectivity index (χ0v) is 19.1. The van der Waals surface area contributed by atoms with Crippen molar-refractivity contribution in [3.63, 3.8) is 0 Å². The van der Waals surface area contributed by atoms with Crippen LogP contribution in [0.2, 0.25) is 5.02 Å². The monoisotopic (exact) mass is 430 g/mol. The summed E-state index contributed by atoms with van der Waals surface area (Å²) in [5.74, 6) is 0.219. The summed E-state index contributed by atoms with van der Waals surface area (Å²) in [6.45, 7) is 9.76. The maximum atomic E-state index is 13.1. The van der Waals surface area contributed by atoms with Crippen LogP contribution >= 0.6 is 11.6 Å². The molecule has 2 rings (SSSR count). The van der Waals surface area contributed by atoms with Gasteiger partial charge in [0.15, 0.2) is 6.61 Å². The van der Waals surface area contributed by atoms with Crippen LogP contribution in [0.3, 0.4) is 0 Å². The van der Waals surface area contributed by atoms with E-state index in [2.05, 4.69) is 5.32 Å². The first kappa shape index (κ1) is 23.7. The smallest absolute Gasteiger partial charge is 0.261 e. The molecule has 2 atom stereocenters. The Kier molecular flexibility index (Phi) is 8.72. The van der Waals surface area contributed by atoms with Gasteiger partial charge in [-0.2, -0.15) is 0 Å². The molecular formula is C24H31ClN2O3. The van der Waals surface area contributed by atoms with Crippen molar-refractivity contribution in [2.75, 3.05) is 6.61 Å². The minimum Gasteiger partial charge on any atom is -0.483 e. The van der Waals surface area contributed by atoms with Crippen LogP contribution in [0.1, 0.15) is 43.9 Å². The molecule has 0 bridgehead atoms. The zero-order chi connectivity index (χ0) is 22.3. The summed E-state index contributed by atoms with van der Waals surface area (Å²) in [5.41, 5.74) is 2.94. The number of ether oxygens (including phenoxy) is 1. The predicted octanol–water partition coefficient (Wildman–Crippen LogP) is 4.67. The molecule has 0 radical (unpaired) electrons. The van der Waals surface area contributed by atoms with E-state index in [1.807, 2.05) is 58.0 Å². The van der Waals surface area contributed by atoms with Crippen molar-refractivity contribution < 1.29 is 14.3 Å². The van der Waals surface area contributed by atoms with E-state index < -0.39 is 6.04 Å². The van der Waals surface area contributed by atoms with Crippen molar-refractivity contribution >= 4 is 23.4 Å². The van der Waals surface area contributed by atoms with E-state index in [1.54, 1.807) is 19.1 Å². The fourth-order valence-corrected chi connectivity index (χ4v) is 3.20. The fourth-order valence-electron chi connectivity index (χ4n) is 2.98. The Hall–Kier alpha value is -2.53. The maximum absolute atomic E-state index is 13.1. The average Bonchev–Trinajstić information content (AvgIpc) is 2.72. The minimum atomic E-state index is -0.646. The van der Waals surface area contributed by atoms with Gasteiger partial charge in [-0.25, -0.2) is 0 Å². The number of rotatable bonds is 9. The highest BCUT2D eigenvalue weighted by atomic mass is 35.5. The number of carbonyl (C=O) groups excluding carboxylic acids is 2. The summed E-state index contributed by atoms with van der Waals surface area (Å²) in [6, 6.07) is 12.4. The van der Waals surface area contributed by atoms with E-state index in [0.29, 0.717) is 10.8 Å². The van der Waals surface area contributed by atoms with Crippen LogP contribution in [0.5, 0.6) is 5.75 Å². The second-order valence-electron chi connectivity index (χ2n) is 7.63. The van der Waals surface area contributed by atoms with Gasteiger partial charge in [0.05, 0.1) is 0 Å². The number of halogens is 1. The number of nitrogens with zero attached hydrogens (tertiary/aromatic N) is 1. The Morgan fingerprint density at radius 1 is 1.13 bits per heavy atom. The molecule has 30 heavy (non-hydrogen) atoms. The highest BCUT2D eigenvalue weighted by Gasteiger charge is 2.27. The molecule has 0 spiro atoms. The van der Waals surface area contributed by atoms with Crippen molar-refractivity contribution in [1.29, 1.82) is 0 Å². The molecule has 0 fully saturated rings. The predicted molar refractivity (Wildman–Crippen MR) is 121 cm³/mol. The molecule has 2 aromatic carbocycles. The summed E-state index contributed by atoms with van der Waals surface area (Å²) in [7, 11) is 0. The van der Waals surface area contributed by atoms with E-state index in [9.17, 15) is 9.59 Å².